The molecule has 1 aromatic heterocycles. The fourth-order valence-corrected chi connectivity index (χ4v) is 1.78. The van der Waals surface area contributed by atoms with Crippen LogP contribution in [0.3, 0.4) is 0 Å². The first-order chi connectivity index (χ1) is 8.50. The smallest absolute Gasteiger partial charge is 0.232 e. The molecule has 0 aliphatic carbocycles. The molecule has 18 heavy (non-hydrogen) atoms. The summed E-state index contributed by atoms with van der Waals surface area (Å²) in [7, 11) is 0. The largest absolute Gasteiger partial charge is 0.451 e. The Hall–Kier alpha value is -1.43. The Kier molecular flexibility index (Phi) is 3.65. The molecule has 0 N–H and O–H groups in total. The summed E-state index contributed by atoms with van der Waals surface area (Å²) in [5.41, 5.74) is 2.43. The van der Waals surface area contributed by atoms with Gasteiger partial charge >= 0.3 is 6.18 Å². The van der Waals surface area contributed by atoms with Crippen molar-refractivity contribution in [1.82, 2.24) is 9.97 Å². The van der Waals surface area contributed by atoms with Gasteiger partial charge in [-0.25, -0.2) is 9.97 Å². The second-order valence-corrected chi connectivity index (χ2v) is 4.18. The van der Waals surface area contributed by atoms with E-state index < -0.39 is 12.0 Å². The summed E-state index contributed by atoms with van der Waals surface area (Å²) in [6, 6.07) is 7.43. The molecule has 0 aliphatic rings. The lowest BCUT2D eigenvalue weighted by Gasteiger charge is -2.06. The molecule has 0 bridgehead atoms. The van der Waals surface area contributed by atoms with Crippen LogP contribution in [0.15, 0.2) is 36.7 Å². The summed E-state index contributed by atoms with van der Waals surface area (Å²) in [5.74, 6) is -1.12. The van der Waals surface area contributed by atoms with Crippen LogP contribution in [0.5, 0.6) is 0 Å². The molecule has 0 saturated heterocycles. The van der Waals surface area contributed by atoms with E-state index >= 15 is 0 Å². The number of benzene rings is 1. The first-order valence-electron chi connectivity index (χ1n) is 5.05. The van der Waals surface area contributed by atoms with E-state index in [-0.39, 0.29) is 0 Å². The molecule has 0 saturated carbocycles. The number of hydrogen-bond acceptors (Lipinski definition) is 2. The summed E-state index contributed by atoms with van der Waals surface area (Å²) >= 11 is 3.32. The molecule has 2 aromatic rings. The van der Waals surface area contributed by atoms with E-state index in [9.17, 15) is 13.2 Å². The number of nitrogens with zero attached hydrogens (tertiary/aromatic N) is 2. The second kappa shape index (κ2) is 5.06. The molecule has 0 radical (unpaired) electrons. The molecule has 0 spiro atoms. The number of hydrogen-bond donors (Lipinski definition) is 0. The SMILES string of the molecule is FC(F)(F)c1ncc(-c2ccc(CBr)cc2)cn1. The van der Waals surface area contributed by atoms with Crippen LogP contribution in [0.1, 0.15) is 11.4 Å². The highest BCUT2D eigenvalue weighted by molar-refractivity contribution is 9.08. The molecule has 0 unspecified atom stereocenters. The third-order valence-electron chi connectivity index (χ3n) is 2.35. The summed E-state index contributed by atoms with van der Waals surface area (Å²) < 4.78 is 36.9. The minimum Gasteiger partial charge on any atom is -0.232 e. The van der Waals surface area contributed by atoms with Crippen molar-refractivity contribution in [1.29, 1.82) is 0 Å². The van der Waals surface area contributed by atoms with E-state index in [1.54, 1.807) is 0 Å². The molecule has 0 aliphatic heterocycles. The standard InChI is InChI=1S/C12H8BrF3N2/c13-5-8-1-3-9(4-2-8)10-6-17-11(18-7-10)12(14,15)16/h1-4,6-7H,5H2. The van der Waals surface area contributed by atoms with Gasteiger partial charge in [-0.05, 0) is 11.1 Å². The predicted molar refractivity (Wildman–Crippen MR) is 65.1 cm³/mol. The maximum Gasteiger partial charge on any atom is 0.451 e. The van der Waals surface area contributed by atoms with Gasteiger partial charge in [-0.15, -0.1) is 0 Å². The average Bonchev–Trinajstić information content (AvgIpc) is 2.38. The highest BCUT2D eigenvalue weighted by Crippen LogP contribution is 2.27. The van der Waals surface area contributed by atoms with Gasteiger partial charge in [0.25, 0.3) is 0 Å². The molecular formula is C12H8BrF3N2. The zero-order valence-electron chi connectivity index (χ0n) is 9.08. The first-order valence-corrected chi connectivity index (χ1v) is 6.17. The molecule has 1 aromatic carbocycles. The van der Waals surface area contributed by atoms with E-state index in [2.05, 4.69) is 25.9 Å². The van der Waals surface area contributed by atoms with Crippen LogP contribution in [0, 0.1) is 0 Å². The Morgan fingerprint density at radius 3 is 1.94 bits per heavy atom. The fourth-order valence-electron chi connectivity index (χ4n) is 1.41. The van der Waals surface area contributed by atoms with Crippen LogP contribution in [-0.4, -0.2) is 9.97 Å². The van der Waals surface area contributed by atoms with Crippen LogP contribution in [0.4, 0.5) is 13.2 Å². The van der Waals surface area contributed by atoms with Crippen LogP contribution in [0.25, 0.3) is 11.1 Å². The molecule has 6 heteroatoms. The van der Waals surface area contributed by atoms with Crippen LogP contribution >= 0.6 is 15.9 Å². The van der Waals surface area contributed by atoms with Crippen molar-refractivity contribution in [2.75, 3.05) is 0 Å². The normalized spacial score (nSPS) is 11.6. The van der Waals surface area contributed by atoms with Crippen LogP contribution in [0.2, 0.25) is 0 Å². The van der Waals surface area contributed by atoms with Gasteiger partial charge in [0.15, 0.2) is 0 Å². The summed E-state index contributed by atoms with van der Waals surface area (Å²) in [6.45, 7) is 0. The number of halogens is 4. The van der Waals surface area contributed by atoms with Crippen LogP contribution in [-0.2, 0) is 11.5 Å². The lowest BCUT2D eigenvalue weighted by molar-refractivity contribution is -0.144. The molecular weight excluding hydrogens is 309 g/mol. The van der Waals surface area contributed by atoms with Gasteiger partial charge in [0, 0.05) is 23.3 Å². The molecule has 0 fully saturated rings. The first kappa shape index (κ1) is 13.0. The van der Waals surface area contributed by atoms with Gasteiger partial charge in [-0.3, -0.25) is 0 Å². The van der Waals surface area contributed by atoms with Gasteiger partial charge in [-0.2, -0.15) is 13.2 Å². The maximum absolute atomic E-state index is 12.3. The molecule has 0 atom stereocenters. The number of alkyl halides is 4. The van der Waals surface area contributed by atoms with Crippen LogP contribution < -0.4 is 0 Å². The van der Waals surface area contributed by atoms with E-state index in [0.717, 1.165) is 16.5 Å². The molecule has 0 amide bonds. The lowest BCUT2D eigenvalue weighted by Crippen LogP contribution is -2.10. The zero-order chi connectivity index (χ0) is 13.2. The minimum atomic E-state index is -4.50. The van der Waals surface area contributed by atoms with E-state index in [1.165, 1.54) is 12.4 Å². The lowest BCUT2D eigenvalue weighted by atomic mass is 10.1. The Morgan fingerprint density at radius 1 is 0.944 bits per heavy atom. The minimum absolute atomic E-state index is 0.559. The fraction of sp³-hybridized carbons (Fsp3) is 0.167. The molecule has 2 nitrogen and oxygen atoms in total. The van der Waals surface area contributed by atoms with Crippen molar-refractivity contribution in [3.63, 3.8) is 0 Å². The van der Waals surface area contributed by atoms with E-state index in [4.69, 9.17) is 0 Å². The van der Waals surface area contributed by atoms with Crippen molar-refractivity contribution >= 4 is 15.9 Å². The average molecular weight is 317 g/mol. The van der Waals surface area contributed by atoms with Gasteiger partial charge in [0.2, 0.25) is 5.82 Å². The van der Waals surface area contributed by atoms with E-state index in [1.807, 2.05) is 24.3 Å². The Bertz CT molecular complexity index is 521. The monoisotopic (exact) mass is 316 g/mol. The predicted octanol–water partition coefficient (Wildman–Crippen LogP) is 4.06. The van der Waals surface area contributed by atoms with Crippen molar-refractivity contribution < 1.29 is 13.2 Å². The number of rotatable bonds is 2. The topological polar surface area (TPSA) is 25.8 Å². The molecule has 2 rings (SSSR count). The second-order valence-electron chi connectivity index (χ2n) is 3.62. The summed E-state index contributed by atoms with van der Waals surface area (Å²) in [6.07, 6.45) is -2.14. The van der Waals surface area contributed by atoms with Gasteiger partial charge in [0.1, 0.15) is 0 Å². The molecule has 1 heterocycles. The zero-order valence-corrected chi connectivity index (χ0v) is 10.7. The summed E-state index contributed by atoms with van der Waals surface area (Å²) in [5, 5.41) is 0.733. The maximum atomic E-state index is 12.3. The molecule has 94 valence electrons. The Morgan fingerprint density at radius 2 is 1.50 bits per heavy atom. The highest BCUT2D eigenvalue weighted by Gasteiger charge is 2.34. The van der Waals surface area contributed by atoms with Crippen molar-refractivity contribution in [2.24, 2.45) is 0 Å². The van der Waals surface area contributed by atoms with Crippen molar-refractivity contribution in [3.8, 4) is 11.1 Å². The van der Waals surface area contributed by atoms with Crippen molar-refractivity contribution in [2.45, 2.75) is 11.5 Å². The number of aromatic nitrogens is 2. The van der Waals surface area contributed by atoms with E-state index in [0.29, 0.717) is 5.56 Å². The van der Waals surface area contributed by atoms with Gasteiger partial charge in [0.05, 0.1) is 0 Å². The summed E-state index contributed by atoms with van der Waals surface area (Å²) in [4.78, 5) is 6.65. The van der Waals surface area contributed by atoms with Gasteiger partial charge in [-0.1, -0.05) is 40.2 Å². The van der Waals surface area contributed by atoms with Gasteiger partial charge < -0.3 is 0 Å². The Balaban J connectivity index is 2.28. The highest BCUT2D eigenvalue weighted by atomic mass is 79.9. The third kappa shape index (κ3) is 2.87. The Labute approximate surface area is 110 Å². The van der Waals surface area contributed by atoms with Crippen molar-refractivity contribution in [3.05, 3.63) is 48.0 Å². The quantitative estimate of drug-likeness (QED) is 0.781. The third-order valence-corrected chi connectivity index (χ3v) is 2.99.